The van der Waals surface area contributed by atoms with Crippen LogP contribution in [0.1, 0.15) is 65.9 Å². The first-order valence-electron chi connectivity index (χ1n) is 14.2. The van der Waals surface area contributed by atoms with E-state index in [-0.39, 0.29) is 29.5 Å². The molecule has 9 heteroatoms. The van der Waals surface area contributed by atoms with Crippen LogP contribution in [0.15, 0.2) is 78.9 Å². The van der Waals surface area contributed by atoms with Crippen LogP contribution in [0.2, 0.25) is 5.02 Å². The number of hydrogen-bond acceptors (Lipinski definition) is 5. The van der Waals surface area contributed by atoms with Gasteiger partial charge >= 0.3 is 5.97 Å². The lowest BCUT2D eigenvalue weighted by atomic mass is 9.94. The minimum Gasteiger partial charge on any atom is -0.828 e. The molecular weight excluding hydrogens is 571 g/mol. The van der Waals surface area contributed by atoms with Crippen molar-refractivity contribution in [1.29, 1.82) is 0 Å². The maximum Gasteiger partial charge on any atom is 0.335 e. The van der Waals surface area contributed by atoms with Gasteiger partial charge in [0.05, 0.1) is 22.2 Å². The molecule has 1 atom stereocenters. The Labute approximate surface area is 252 Å². The summed E-state index contributed by atoms with van der Waals surface area (Å²) in [7, 11) is 0. The number of aliphatic hydroxyl groups is 1. The average molecular weight is 600 g/mol. The lowest BCUT2D eigenvalue weighted by Gasteiger charge is -2.26. The highest BCUT2D eigenvalue weighted by molar-refractivity contribution is 6.30. The summed E-state index contributed by atoms with van der Waals surface area (Å²) in [6, 6.07) is 21.7. The lowest BCUT2D eigenvalue weighted by Crippen LogP contribution is -2.15. The van der Waals surface area contributed by atoms with E-state index in [1.54, 1.807) is 54.6 Å². The minimum atomic E-state index is -1.88. The summed E-state index contributed by atoms with van der Waals surface area (Å²) in [5.74, 6) is -0.841. The number of ether oxygens (including phenoxy) is 1. The molecule has 0 radical (unpaired) electrons. The molecule has 1 fully saturated rings. The zero-order valence-corrected chi connectivity index (χ0v) is 23.9. The third kappa shape index (κ3) is 5.99. The quantitative estimate of drug-likeness (QED) is 0.181. The van der Waals surface area contributed by atoms with Crippen molar-refractivity contribution in [2.24, 2.45) is 0 Å². The van der Waals surface area contributed by atoms with Crippen LogP contribution < -0.4 is 9.84 Å². The molecule has 1 heterocycles. The smallest absolute Gasteiger partial charge is 0.335 e. The number of carbonyl (C=O) groups is 1. The van der Waals surface area contributed by atoms with Crippen LogP contribution in [0.3, 0.4) is 0 Å². The molecule has 43 heavy (non-hydrogen) atoms. The number of benzene rings is 4. The molecule has 0 aliphatic heterocycles. The van der Waals surface area contributed by atoms with E-state index in [4.69, 9.17) is 21.3 Å². The van der Waals surface area contributed by atoms with Crippen LogP contribution in [0.5, 0.6) is 5.75 Å². The van der Waals surface area contributed by atoms with Gasteiger partial charge in [0.1, 0.15) is 24.0 Å². The molecule has 0 spiro atoms. The number of aromatic nitrogens is 2. The number of carboxylic acid groups (broad SMARTS) is 1. The van der Waals surface area contributed by atoms with Crippen molar-refractivity contribution in [3.63, 3.8) is 0 Å². The second-order valence-corrected chi connectivity index (χ2v) is 11.2. The Hall–Kier alpha value is -4.24. The highest BCUT2D eigenvalue weighted by Crippen LogP contribution is 2.38. The first kappa shape index (κ1) is 28.9. The Morgan fingerprint density at radius 1 is 1.00 bits per heavy atom. The fourth-order valence-electron chi connectivity index (χ4n) is 5.85. The largest absolute Gasteiger partial charge is 0.828 e. The van der Waals surface area contributed by atoms with Crippen LogP contribution >= 0.6 is 11.6 Å². The highest BCUT2D eigenvalue weighted by atomic mass is 35.5. The van der Waals surface area contributed by atoms with Gasteiger partial charge < -0.3 is 24.6 Å². The van der Waals surface area contributed by atoms with Crippen molar-refractivity contribution in [3.8, 4) is 28.3 Å². The maximum absolute atomic E-state index is 15.8. The van der Waals surface area contributed by atoms with Crippen LogP contribution in [-0.2, 0) is 6.61 Å². The minimum absolute atomic E-state index is 0.0127. The van der Waals surface area contributed by atoms with Crippen molar-refractivity contribution >= 4 is 28.6 Å². The highest BCUT2D eigenvalue weighted by Gasteiger charge is 2.24. The Bertz CT molecular complexity index is 1800. The molecule has 6 rings (SSSR count). The van der Waals surface area contributed by atoms with E-state index in [0.29, 0.717) is 27.5 Å². The molecule has 0 saturated heterocycles. The summed E-state index contributed by atoms with van der Waals surface area (Å²) in [5.41, 5.74) is 4.20. The molecule has 2 N–H and O–H groups in total. The van der Waals surface area contributed by atoms with Crippen molar-refractivity contribution < 1.29 is 29.2 Å². The number of carboxylic acids is 1. The fourth-order valence-corrected chi connectivity index (χ4v) is 5.98. The summed E-state index contributed by atoms with van der Waals surface area (Å²) in [6.07, 6.45) is 3.30. The standard InChI is InChI=1S/C34H29ClFN2O5/c35-24-10-6-20(7-11-24)27-13-8-21(33(39)40)16-23(27)19-43-26-12-14-28(29(36)18-26)32-37-30-17-22(34(41)42)9-15-31(30)38(32)25-4-2-1-3-5-25/h6-18,25,34,41H,1-5,19H2,(H,39,40)/q-1. The average Bonchev–Trinajstić information content (AvgIpc) is 3.39. The number of halogens is 2. The Balaban J connectivity index is 1.33. The number of nitrogens with zero attached hydrogens (tertiary/aromatic N) is 2. The number of imidazole rings is 1. The van der Waals surface area contributed by atoms with Crippen molar-refractivity contribution in [1.82, 2.24) is 9.55 Å². The number of hydrogen-bond donors (Lipinski definition) is 2. The summed E-state index contributed by atoms with van der Waals surface area (Å²) in [5, 5.41) is 31.4. The molecule has 7 nitrogen and oxygen atoms in total. The van der Waals surface area contributed by atoms with E-state index in [1.165, 1.54) is 12.1 Å². The molecule has 1 aliphatic rings. The van der Waals surface area contributed by atoms with Gasteiger partial charge in [0.2, 0.25) is 0 Å². The predicted molar refractivity (Wildman–Crippen MR) is 160 cm³/mol. The van der Waals surface area contributed by atoms with Crippen molar-refractivity contribution in [3.05, 3.63) is 106 Å². The van der Waals surface area contributed by atoms with E-state index >= 15 is 4.39 Å². The monoisotopic (exact) mass is 599 g/mol. The second-order valence-electron chi connectivity index (χ2n) is 10.8. The molecule has 0 amide bonds. The molecule has 1 saturated carbocycles. The second kappa shape index (κ2) is 12.2. The number of fused-ring (bicyclic) bond motifs is 1. The third-order valence-corrected chi connectivity index (χ3v) is 8.27. The van der Waals surface area contributed by atoms with E-state index in [0.717, 1.165) is 48.7 Å². The van der Waals surface area contributed by atoms with E-state index in [9.17, 15) is 20.1 Å². The Morgan fingerprint density at radius 3 is 2.44 bits per heavy atom. The van der Waals surface area contributed by atoms with Crippen LogP contribution in [0.25, 0.3) is 33.5 Å². The van der Waals surface area contributed by atoms with Gasteiger partial charge in [-0.15, -0.1) is 0 Å². The first-order chi connectivity index (χ1) is 20.8. The number of aliphatic hydroxyl groups excluding tert-OH is 1. The molecule has 1 aromatic heterocycles. The van der Waals surface area contributed by atoms with E-state index in [2.05, 4.69) is 4.57 Å². The van der Waals surface area contributed by atoms with Crippen LogP contribution in [0, 0.1) is 5.82 Å². The zero-order valence-electron chi connectivity index (χ0n) is 23.2. The van der Waals surface area contributed by atoms with Gasteiger partial charge in [-0.2, -0.15) is 0 Å². The SMILES string of the molecule is O=C(O)c1ccc(-c2ccc(Cl)cc2)c(COc2ccc(-c3nc4cc(C([O-])O)ccc4n3C3CCCCC3)c(F)c2)c1. The maximum atomic E-state index is 15.8. The van der Waals surface area contributed by atoms with Gasteiger partial charge in [-0.05, 0) is 83.6 Å². The van der Waals surface area contributed by atoms with Crippen molar-refractivity contribution in [2.45, 2.75) is 51.0 Å². The van der Waals surface area contributed by atoms with Gasteiger partial charge in [-0.25, -0.2) is 14.2 Å². The molecule has 5 aromatic rings. The van der Waals surface area contributed by atoms with Crippen LogP contribution in [0.4, 0.5) is 4.39 Å². The summed E-state index contributed by atoms with van der Waals surface area (Å²) in [4.78, 5) is 16.4. The number of aromatic carboxylic acids is 1. The molecule has 1 unspecified atom stereocenters. The molecular formula is C34H29ClFN2O5-. The summed E-state index contributed by atoms with van der Waals surface area (Å²) in [6.45, 7) is 0.0127. The summed E-state index contributed by atoms with van der Waals surface area (Å²) < 4.78 is 23.8. The topological polar surface area (TPSA) is 108 Å². The Morgan fingerprint density at radius 2 is 1.74 bits per heavy atom. The first-order valence-corrected chi connectivity index (χ1v) is 14.6. The molecule has 1 aliphatic carbocycles. The predicted octanol–water partition coefficient (Wildman–Crippen LogP) is 7.30. The van der Waals surface area contributed by atoms with E-state index in [1.807, 2.05) is 12.1 Å². The Kier molecular flexibility index (Phi) is 8.17. The van der Waals surface area contributed by atoms with Crippen molar-refractivity contribution in [2.75, 3.05) is 0 Å². The van der Waals surface area contributed by atoms with Gasteiger partial charge in [0.25, 0.3) is 0 Å². The van der Waals surface area contributed by atoms with Gasteiger partial charge in [0.15, 0.2) is 0 Å². The van der Waals surface area contributed by atoms with Gasteiger partial charge in [-0.3, -0.25) is 0 Å². The van der Waals surface area contributed by atoms with Crippen LogP contribution in [-0.4, -0.2) is 25.7 Å². The van der Waals surface area contributed by atoms with Gasteiger partial charge in [0, 0.05) is 23.4 Å². The molecule has 220 valence electrons. The van der Waals surface area contributed by atoms with E-state index < -0.39 is 18.1 Å². The molecule has 0 bridgehead atoms. The normalized spacial score (nSPS) is 14.6. The number of rotatable bonds is 8. The summed E-state index contributed by atoms with van der Waals surface area (Å²) >= 11 is 6.05. The lowest BCUT2D eigenvalue weighted by molar-refractivity contribution is -0.490. The van der Waals surface area contributed by atoms with Gasteiger partial charge in [-0.1, -0.05) is 55.1 Å². The fraction of sp³-hybridized carbons (Fsp3) is 0.235. The molecule has 4 aromatic carbocycles. The third-order valence-electron chi connectivity index (χ3n) is 8.02. The zero-order chi connectivity index (χ0) is 30.1.